The molecular formula is C63H43N. The molecule has 1 aliphatic carbocycles. The Morgan fingerprint density at radius 3 is 1.28 bits per heavy atom. The normalized spacial score (nSPS) is 12.5. The first-order valence-electron chi connectivity index (χ1n) is 22.2. The van der Waals surface area contributed by atoms with Crippen LogP contribution in [0, 0.1) is 0 Å². The molecule has 0 N–H and O–H groups in total. The number of anilines is 3. The molecule has 0 unspecified atom stereocenters. The minimum absolute atomic E-state index is 0.462. The largest absolute Gasteiger partial charge is 0.310 e. The van der Waals surface area contributed by atoms with Crippen molar-refractivity contribution in [3.05, 3.63) is 283 Å². The molecule has 0 aliphatic heterocycles. The van der Waals surface area contributed by atoms with Gasteiger partial charge in [-0.15, -0.1) is 0 Å². The maximum Gasteiger partial charge on any atom is 0.0713 e. The van der Waals surface area contributed by atoms with Gasteiger partial charge < -0.3 is 4.90 Å². The summed E-state index contributed by atoms with van der Waals surface area (Å²) in [7, 11) is 0. The molecule has 0 heterocycles. The van der Waals surface area contributed by atoms with E-state index in [0.29, 0.717) is 0 Å². The highest BCUT2D eigenvalue weighted by atomic mass is 15.1. The van der Waals surface area contributed by atoms with Crippen LogP contribution in [-0.4, -0.2) is 0 Å². The topological polar surface area (TPSA) is 3.24 Å². The molecule has 1 nitrogen and oxygen atoms in total. The number of rotatable bonds is 8. The maximum atomic E-state index is 2.47. The van der Waals surface area contributed by atoms with Gasteiger partial charge in [-0.05, 0) is 113 Å². The Kier molecular flexibility index (Phi) is 9.13. The van der Waals surface area contributed by atoms with Crippen LogP contribution in [0.15, 0.2) is 261 Å². The van der Waals surface area contributed by atoms with Crippen molar-refractivity contribution in [2.75, 3.05) is 4.90 Å². The van der Waals surface area contributed by atoms with Gasteiger partial charge in [-0.3, -0.25) is 0 Å². The number of hydrogen-bond donors (Lipinski definition) is 0. The molecule has 0 radical (unpaired) electrons. The van der Waals surface area contributed by atoms with Crippen LogP contribution < -0.4 is 4.90 Å². The Labute approximate surface area is 374 Å². The molecule has 0 saturated carbocycles. The predicted octanol–water partition coefficient (Wildman–Crippen LogP) is 16.8. The van der Waals surface area contributed by atoms with E-state index in [4.69, 9.17) is 0 Å². The summed E-state index contributed by atoms with van der Waals surface area (Å²) >= 11 is 0. The minimum Gasteiger partial charge on any atom is -0.310 e. The molecule has 1 aliphatic rings. The van der Waals surface area contributed by atoms with Crippen LogP contribution in [-0.2, 0) is 5.41 Å². The summed E-state index contributed by atoms with van der Waals surface area (Å²) in [5, 5.41) is 4.92. The molecular weight excluding hydrogens is 771 g/mol. The lowest BCUT2D eigenvalue weighted by Crippen LogP contribution is -2.28. The standard InChI is InChI=1S/C63H43N/c1-4-16-44(17-5-1)45-28-30-46(31-29-45)47-32-34-48(35-33-47)49-36-38-53(39-37-49)64(62-42-50-18-10-11-23-55(50)56-24-12-13-26-58(56)62)54-40-41-61-59(43-54)57-25-14-15-27-60(57)63(61,51-19-6-2-7-20-51)52-21-8-3-9-22-52/h1-43H. The molecule has 0 atom stereocenters. The van der Waals surface area contributed by atoms with Crippen molar-refractivity contribution in [2.45, 2.75) is 5.41 Å². The molecule has 0 spiro atoms. The van der Waals surface area contributed by atoms with Crippen LogP contribution in [0.2, 0.25) is 0 Å². The smallest absolute Gasteiger partial charge is 0.0713 e. The van der Waals surface area contributed by atoms with E-state index in [1.54, 1.807) is 0 Å². The van der Waals surface area contributed by atoms with Crippen molar-refractivity contribution in [2.24, 2.45) is 0 Å². The molecule has 12 rings (SSSR count). The summed E-state index contributed by atoms with van der Waals surface area (Å²) in [6.45, 7) is 0. The van der Waals surface area contributed by atoms with E-state index in [9.17, 15) is 0 Å². The summed E-state index contributed by atoms with van der Waals surface area (Å²) in [5.74, 6) is 0. The van der Waals surface area contributed by atoms with Gasteiger partial charge in [0.25, 0.3) is 0 Å². The highest BCUT2D eigenvalue weighted by Gasteiger charge is 2.46. The van der Waals surface area contributed by atoms with Gasteiger partial charge in [0, 0.05) is 16.8 Å². The molecule has 0 fully saturated rings. The first-order valence-corrected chi connectivity index (χ1v) is 22.2. The highest BCUT2D eigenvalue weighted by Crippen LogP contribution is 2.57. The number of hydrogen-bond acceptors (Lipinski definition) is 1. The molecule has 11 aromatic carbocycles. The molecule has 1 heteroatoms. The zero-order valence-electron chi connectivity index (χ0n) is 35.3. The average Bonchev–Trinajstić information content (AvgIpc) is 3.68. The van der Waals surface area contributed by atoms with Crippen LogP contribution in [0.25, 0.3) is 66.1 Å². The fraction of sp³-hybridized carbons (Fsp3) is 0.0159. The third-order valence-corrected chi connectivity index (χ3v) is 13.4. The van der Waals surface area contributed by atoms with Crippen molar-refractivity contribution in [3.63, 3.8) is 0 Å². The van der Waals surface area contributed by atoms with Gasteiger partial charge in [0.1, 0.15) is 0 Å². The third kappa shape index (κ3) is 6.16. The Morgan fingerprint density at radius 1 is 0.266 bits per heavy atom. The fourth-order valence-corrected chi connectivity index (χ4v) is 10.4. The zero-order chi connectivity index (χ0) is 42.5. The first kappa shape index (κ1) is 37.5. The lowest BCUT2D eigenvalue weighted by molar-refractivity contribution is 0.768. The molecule has 11 aromatic rings. The molecule has 0 bridgehead atoms. The predicted molar refractivity (Wildman–Crippen MR) is 270 cm³/mol. The van der Waals surface area contributed by atoms with Gasteiger partial charge in [0.15, 0.2) is 0 Å². The minimum atomic E-state index is -0.462. The second kappa shape index (κ2) is 15.6. The van der Waals surface area contributed by atoms with E-state index in [-0.39, 0.29) is 0 Å². The van der Waals surface area contributed by atoms with Crippen LogP contribution in [0.5, 0.6) is 0 Å². The molecule has 0 saturated heterocycles. The molecule has 300 valence electrons. The number of nitrogens with zero attached hydrogens (tertiary/aromatic N) is 1. The summed E-state index contributed by atoms with van der Waals surface area (Å²) in [4.78, 5) is 2.47. The fourth-order valence-electron chi connectivity index (χ4n) is 10.4. The average molecular weight is 814 g/mol. The second-order valence-corrected chi connectivity index (χ2v) is 16.8. The van der Waals surface area contributed by atoms with E-state index in [2.05, 4.69) is 266 Å². The van der Waals surface area contributed by atoms with Crippen LogP contribution in [0.3, 0.4) is 0 Å². The molecule has 64 heavy (non-hydrogen) atoms. The first-order chi connectivity index (χ1) is 31.7. The highest BCUT2D eigenvalue weighted by molar-refractivity contribution is 6.14. The monoisotopic (exact) mass is 813 g/mol. The van der Waals surface area contributed by atoms with Crippen LogP contribution in [0.4, 0.5) is 17.1 Å². The van der Waals surface area contributed by atoms with Crippen molar-refractivity contribution < 1.29 is 0 Å². The van der Waals surface area contributed by atoms with E-state index in [1.165, 1.54) is 88.3 Å². The lowest BCUT2D eigenvalue weighted by atomic mass is 9.68. The van der Waals surface area contributed by atoms with E-state index >= 15 is 0 Å². The van der Waals surface area contributed by atoms with E-state index in [1.807, 2.05) is 0 Å². The lowest BCUT2D eigenvalue weighted by Gasteiger charge is -2.34. The van der Waals surface area contributed by atoms with Crippen molar-refractivity contribution >= 4 is 38.6 Å². The van der Waals surface area contributed by atoms with Crippen molar-refractivity contribution in [1.82, 2.24) is 0 Å². The van der Waals surface area contributed by atoms with Gasteiger partial charge in [0.2, 0.25) is 0 Å². The van der Waals surface area contributed by atoms with Crippen molar-refractivity contribution in [3.8, 4) is 44.5 Å². The van der Waals surface area contributed by atoms with Gasteiger partial charge in [0.05, 0.1) is 11.1 Å². The summed E-state index contributed by atoms with van der Waals surface area (Å²) in [6, 6.07) is 95.7. The summed E-state index contributed by atoms with van der Waals surface area (Å²) < 4.78 is 0. The summed E-state index contributed by atoms with van der Waals surface area (Å²) in [6.07, 6.45) is 0. The zero-order valence-corrected chi connectivity index (χ0v) is 35.3. The van der Waals surface area contributed by atoms with Gasteiger partial charge in [-0.25, -0.2) is 0 Å². The van der Waals surface area contributed by atoms with E-state index in [0.717, 1.165) is 17.1 Å². The Bertz CT molecular complexity index is 3410. The maximum absolute atomic E-state index is 2.47. The number of fused-ring (bicyclic) bond motifs is 6. The Morgan fingerprint density at radius 2 is 0.688 bits per heavy atom. The van der Waals surface area contributed by atoms with Crippen LogP contribution in [0.1, 0.15) is 22.3 Å². The quantitative estimate of drug-likeness (QED) is 0.138. The Balaban J connectivity index is 0.988. The van der Waals surface area contributed by atoms with Gasteiger partial charge >= 0.3 is 0 Å². The molecule has 0 aromatic heterocycles. The number of benzene rings is 11. The van der Waals surface area contributed by atoms with Crippen molar-refractivity contribution in [1.29, 1.82) is 0 Å². The Hall–Kier alpha value is -8.26. The molecule has 0 amide bonds. The van der Waals surface area contributed by atoms with Crippen LogP contribution >= 0.6 is 0 Å². The second-order valence-electron chi connectivity index (χ2n) is 16.8. The van der Waals surface area contributed by atoms with Gasteiger partial charge in [-0.1, -0.05) is 231 Å². The SMILES string of the molecule is c1ccc(-c2ccc(-c3ccc(-c4ccc(N(c5ccc6c(c5)-c5ccccc5C6(c5ccccc5)c5ccccc5)c5cc6ccccc6c6ccccc56)cc4)cc3)cc2)cc1. The van der Waals surface area contributed by atoms with E-state index < -0.39 is 5.41 Å². The van der Waals surface area contributed by atoms with Gasteiger partial charge in [-0.2, -0.15) is 0 Å². The summed E-state index contributed by atoms with van der Waals surface area (Å²) in [5.41, 5.74) is 17.8. The third-order valence-electron chi connectivity index (χ3n) is 13.4.